The molecule has 94 heavy (non-hydrogen) atoms. The molecule has 17 heteroatoms. The third-order valence-corrected chi connectivity index (χ3v) is 16.5. The fraction of sp³-hybridized carbons (Fsp3) is 0.0260. The standard InChI is InChI=1S/C77H33F6N11/c78-76(79,80)61-9-10-62(68(33-61)77(81,82)83)55-8-15-73(93-69-11-4-51(57-20-43(34-84)16-44(21-57)35-85)28-63(69)64-29-52(5-12-70(64)93)58-22-45(36-86)17-46(23-58)37-87)67(32-55)75-56(42-92)2-1-3-74(75)94-71-13-6-53(59-24-47(38-88)18-48(25-59)39-89)30-65(71)66-31-54(7-14-72(66)94)60-26-49(40-90)19-50(27-60)41-91/h1-33H. The number of hydrogen-bond donors (Lipinski definition) is 0. The van der Waals surface area contributed by atoms with E-state index in [1.54, 1.807) is 109 Å². The number of rotatable bonds is 8. The van der Waals surface area contributed by atoms with Crippen LogP contribution in [-0.2, 0) is 12.4 Å². The molecule has 0 spiro atoms. The van der Waals surface area contributed by atoms with E-state index < -0.39 is 29.0 Å². The summed E-state index contributed by atoms with van der Waals surface area (Å²) in [6.45, 7) is 0. The zero-order chi connectivity index (χ0) is 65.9. The Morgan fingerprint density at radius 3 is 0.926 bits per heavy atom. The summed E-state index contributed by atoms with van der Waals surface area (Å²) in [7, 11) is 0. The molecule has 0 radical (unpaired) electrons. The Hall–Kier alpha value is -14.0. The van der Waals surface area contributed by atoms with Crippen molar-refractivity contribution in [2.75, 3.05) is 0 Å². The zero-order valence-corrected chi connectivity index (χ0v) is 48.2. The summed E-state index contributed by atoms with van der Waals surface area (Å²) in [4.78, 5) is 0. The first-order chi connectivity index (χ1) is 45.4. The maximum Gasteiger partial charge on any atom is 0.417 e. The molecule has 0 saturated carbocycles. The molecule has 0 aliphatic carbocycles. The highest BCUT2D eigenvalue weighted by Crippen LogP contribution is 2.48. The molecular weight excluding hydrogens is 1190 g/mol. The van der Waals surface area contributed by atoms with E-state index in [4.69, 9.17) is 0 Å². The Balaban J connectivity index is 1.15. The van der Waals surface area contributed by atoms with E-state index in [9.17, 15) is 60.5 Å². The van der Waals surface area contributed by atoms with Crippen LogP contribution in [0.3, 0.4) is 0 Å². The Morgan fingerprint density at radius 2 is 0.606 bits per heavy atom. The molecule has 0 amide bonds. The second-order valence-electron chi connectivity index (χ2n) is 22.0. The van der Waals surface area contributed by atoms with E-state index in [0.29, 0.717) is 99.9 Å². The summed E-state index contributed by atoms with van der Waals surface area (Å²) in [6.07, 6.45) is -10.5. The van der Waals surface area contributed by atoms with Crippen LogP contribution in [0.5, 0.6) is 0 Å². The predicted octanol–water partition coefficient (Wildman–Crippen LogP) is 18.8. The topological polar surface area (TPSA) is 224 Å². The molecule has 0 bridgehead atoms. The van der Waals surface area contributed by atoms with Crippen LogP contribution in [0.2, 0.25) is 0 Å². The van der Waals surface area contributed by atoms with Crippen LogP contribution in [0.4, 0.5) is 26.3 Å². The van der Waals surface area contributed by atoms with Crippen LogP contribution in [0.1, 0.15) is 61.2 Å². The van der Waals surface area contributed by atoms with Crippen molar-refractivity contribution in [3.63, 3.8) is 0 Å². The maximum absolute atomic E-state index is 15.4. The number of nitrogens with zero attached hydrogens (tertiary/aromatic N) is 11. The van der Waals surface area contributed by atoms with Crippen molar-refractivity contribution in [2.45, 2.75) is 12.4 Å². The van der Waals surface area contributed by atoms with Gasteiger partial charge in [-0.3, -0.25) is 0 Å². The lowest BCUT2D eigenvalue weighted by Crippen LogP contribution is -2.12. The average Bonchev–Trinajstić information content (AvgIpc) is 1.53. The van der Waals surface area contributed by atoms with Gasteiger partial charge in [-0.05, 0) is 213 Å². The second kappa shape index (κ2) is 22.9. The van der Waals surface area contributed by atoms with Crippen LogP contribution >= 0.6 is 0 Å². The number of nitriles is 9. The smallest absolute Gasteiger partial charge is 0.309 e. The molecule has 13 rings (SSSR count). The summed E-state index contributed by atoms with van der Waals surface area (Å²) < 4.78 is 93.0. The van der Waals surface area contributed by atoms with Gasteiger partial charge in [0.1, 0.15) is 0 Å². The molecule has 0 saturated heterocycles. The molecule has 0 aliphatic rings. The minimum atomic E-state index is -5.31. The van der Waals surface area contributed by atoms with Crippen molar-refractivity contribution >= 4 is 43.6 Å². The van der Waals surface area contributed by atoms with Crippen LogP contribution in [0.25, 0.3) is 122 Å². The highest BCUT2D eigenvalue weighted by molar-refractivity contribution is 6.14. The Kier molecular flexibility index (Phi) is 14.4. The maximum atomic E-state index is 15.4. The van der Waals surface area contributed by atoms with Gasteiger partial charge in [-0.25, -0.2) is 0 Å². The van der Waals surface area contributed by atoms with Crippen molar-refractivity contribution in [1.82, 2.24) is 9.13 Å². The predicted molar refractivity (Wildman–Crippen MR) is 340 cm³/mol. The number of benzene rings is 11. The van der Waals surface area contributed by atoms with E-state index >= 15 is 13.2 Å². The number of alkyl halides is 6. The molecule has 11 aromatic carbocycles. The minimum absolute atomic E-state index is 0.0130. The fourth-order valence-electron chi connectivity index (χ4n) is 12.4. The van der Waals surface area contributed by atoms with Gasteiger partial charge in [0.15, 0.2) is 0 Å². The first-order valence-electron chi connectivity index (χ1n) is 28.3. The minimum Gasteiger partial charge on any atom is -0.309 e. The summed E-state index contributed by atoms with van der Waals surface area (Å²) >= 11 is 0. The Bertz CT molecular complexity index is 5520. The number of hydrogen-bond acceptors (Lipinski definition) is 9. The van der Waals surface area contributed by atoms with Crippen molar-refractivity contribution < 1.29 is 26.3 Å². The molecule has 2 heterocycles. The van der Waals surface area contributed by atoms with Gasteiger partial charge < -0.3 is 9.13 Å². The van der Waals surface area contributed by atoms with Gasteiger partial charge in [0.2, 0.25) is 0 Å². The molecule has 0 aliphatic heterocycles. The molecule has 13 aromatic rings. The molecule has 0 atom stereocenters. The number of fused-ring (bicyclic) bond motifs is 6. The second-order valence-corrected chi connectivity index (χ2v) is 22.0. The Labute approximate surface area is 530 Å². The molecule has 438 valence electrons. The van der Waals surface area contributed by atoms with Crippen LogP contribution in [0, 0.1) is 102 Å². The molecule has 0 fully saturated rings. The lowest BCUT2D eigenvalue weighted by Gasteiger charge is -2.22. The summed E-state index contributed by atoms with van der Waals surface area (Å²) in [5.74, 6) is 0. The van der Waals surface area contributed by atoms with Gasteiger partial charge in [-0.15, -0.1) is 0 Å². The molecular formula is C77H33F6N11. The zero-order valence-electron chi connectivity index (χ0n) is 48.2. The van der Waals surface area contributed by atoms with Gasteiger partial charge in [-0.1, -0.05) is 42.5 Å². The summed E-state index contributed by atoms with van der Waals surface area (Å²) in [5, 5.41) is 94.0. The molecule has 11 nitrogen and oxygen atoms in total. The van der Waals surface area contributed by atoms with E-state index in [1.807, 2.05) is 33.4 Å². The monoisotopic (exact) mass is 1230 g/mol. The number of halogens is 6. The van der Waals surface area contributed by atoms with Crippen molar-refractivity contribution in [2.24, 2.45) is 0 Å². The average molecular weight is 1230 g/mol. The van der Waals surface area contributed by atoms with Crippen molar-refractivity contribution in [3.8, 4) is 133 Å². The molecule has 2 aromatic heterocycles. The SMILES string of the molecule is N#Cc1cc(C#N)cc(-c2ccc3c(c2)c2cc(-c4cc(C#N)cc(C#N)c4)ccc2n3-c2ccc(-c3ccc(C(F)(F)F)cc3C(F)(F)F)cc2-c2c(C#N)cccc2-n2c3ccc(-c4cc(C#N)cc(C#N)c4)cc3c3cc(-c4cc(C#N)cc(C#N)c4)ccc32)c1. The summed E-state index contributed by atoms with van der Waals surface area (Å²) in [5.41, 5.74) is 5.16. The van der Waals surface area contributed by atoms with E-state index in [-0.39, 0.29) is 78.5 Å². The van der Waals surface area contributed by atoms with E-state index in [2.05, 4.69) is 54.6 Å². The van der Waals surface area contributed by atoms with Gasteiger partial charge in [0.25, 0.3) is 0 Å². The molecule has 0 unspecified atom stereocenters. The highest BCUT2D eigenvalue weighted by atomic mass is 19.4. The van der Waals surface area contributed by atoms with Crippen molar-refractivity contribution in [1.29, 1.82) is 47.4 Å². The molecule has 0 N–H and O–H groups in total. The lowest BCUT2D eigenvalue weighted by atomic mass is 9.90. The highest BCUT2D eigenvalue weighted by Gasteiger charge is 2.39. The third kappa shape index (κ3) is 10.3. The fourth-order valence-corrected chi connectivity index (χ4v) is 12.4. The van der Waals surface area contributed by atoms with Crippen LogP contribution in [0.15, 0.2) is 200 Å². The first kappa shape index (κ1) is 59.0. The first-order valence-corrected chi connectivity index (χ1v) is 28.3. The van der Waals surface area contributed by atoms with E-state index in [0.717, 1.165) is 6.07 Å². The van der Waals surface area contributed by atoms with Crippen LogP contribution in [-0.4, -0.2) is 9.13 Å². The Morgan fingerprint density at radius 1 is 0.266 bits per heavy atom. The summed E-state index contributed by atoms with van der Waals surface area (Å²) in [6, 6.07) is 70.4. The quantitative estimate of drug-likeness (QED) is 0.132. The third-order valence-electron chi connectivity index (χ3n) is 16.5. The largest absolute Gasteiger partial charge is 0.417 e. The van der Waals surface area contributed by atoms with Gasteiger partial charge in [-0.2, -0.15) is 73.7 Å². The normalized spacial score (nSPS) is 11.2. The van der Waals surface area contributed by atoms with E-state index in [1.165, 1.54) is 48.5 Å². The van der Waals surface area contributed by atoms with Gasteiger partial charge in [0.05, 0.1) is 149 Å². The van der Waals surface area contributed by atoms with Crippen molar-refractivity contribution in [3.05, 3.63) is 261 Å². The van der Waals surface area contributed by atoms with Gasteiger partial charge >= 0.3 is 12.4 Å². The lowest BCUT2D eigenvalue weighted by molar-refractivity contribution is -0.142. The van der Waals surface area contributed by atoms with Crippen LogP contribution < -0.4 is 0 Å². The number of aromatic nitrogens is 2. The van der Waals surface area contributed by atoms with Gasteiger partial charge in [0, 0.05) is 32.7 Å².